The molecule has 0 aromatic carbocycles. The van der Waals surface area contributed by atoms with E-state index in [1.165, 1.54) is 0 Å². The Balaban J connectivity index is 1.97. The Morgan fingerprint density at radius 2 is 2.08 bits per heavy atom. The molecule has 2 heterocycles. The molecule has 0 radical (unpaired) electrons. The van der Waals surface area contributed by atoms with Crippen molar-refractivity contribution in [1.82, 2.24) is 25.2 Å². The number of amides is 2. The summed E-state index contributed by atoms with van der Waals surface area (Å²) in [7, 11) is 3.87. The number of nitrogens with zero attached hydrogens (tertiary/aromatic N) is 4. The number of nitrogens with one attached hydrogen (secondary N) is 2. The second-order valence-corrected chi connectivity index (χ2v) is 7.39. The number of pyridine rings is 1. The van der Waals surface area contributed by atoms with Crippen LogP contribution in [0.2, 0.25) is 0 Å². The second-order valence-electron chi connectivity index (χ2n) is 7.39. The summed E-state index contributed by atoms with van der Waals surface area (Å²) < 4.78 is 1.97. The highest BCUT2D eigenvalue weighted by molar-refractivity contribution is 5.74. The standard InChI is InChI=1S/C18H28N6O/c1-18(2,3)15(12-24-10-9-19-13-24)22-17(25)21-11-14-7-6-8-20-16(14)23(4)5/h6-10,13,15H,11-12H2,1-5H3,(H2,21,22,25)/t15-/m0/s1. The molecule has 0 saturated heterocycles. The maximum absolute atomic E-state index is 12.4. The average Bonchev–Trinajstić information content (AvgIpc) is 3.04. The lowest BCUT2D eigenvalue weighted by molar-refractivity contribution is 0.209. The highest BCUT2D eigenvalue weighted by Crippen LogP contribution is 2.21. The van der Waals surface area contributed by atoms with E-state index in [9.17, 15) is 4.79 Å². The predicted octanol–water partition coefficient (Wildman–Crippen LogP) is 2.26. The number of hydrogen-bond donors (Lipinski definition) is 2. The molecule has 2 aromatic rings. The smallest absolute Gasteiger partial charge is 0.315 e. The van der Waals surface area contributed by atoms with Gasteiger partial charge in [-0.15, -0.1) is 0 Å². The lowest BCUT2D eigenvalue weighted by atomic mass is 9.86. The average molecular weight is 344 g/mol. The van der Waals surface area contributed by atoms with Gasteiger partial charge in [0.15, 0.2) is 0 Å². The molecule has 2 rings (SSSR count). The molecule has 25 heavy (non-hydrogen) atoms. The highest BCUT2D eigenvalue weighted by atomic mass is 16.2. The molecule has 1 atom stereocenters. The molecule has 2 amide bonds. The van der Waals surface area contributed by atoms with Gasteiger partial charge in [0.25, 0.3) is 0 Å². The number of carbonyl (C=O) groups is 1. The number of aromatic nitrogens is 3. The Bertz CT molecular complexity index is 675. The van der Waals surface area contributed by atoms with Gasteiger partial charge in [0, 0.05) is 51.3 Å². The minimum Gasteiger partial charge on any atom is -0.362 e. The minimum atomic E-state index is -0.186. The van der Waals surface area contributed by atoms with Gasteiger partial charge in [-0.25, -0.2) is 14.8 Å². The van der Waals surface area contributed by atoms with Crippen molar-refractivity contribution in [2.24, 2.45) is 5.41 Å². The topological polar surface area (TPSA) is 75.1 Å². The van der Waals surface area contributed by atoms with E-state index in [0.29, 0.717) is 13.1 Å². The summed E-state index contributed by atoms with van der Waals surface area (Å²) in [6.07, 6.45) is 7.15. The third-order valence-electron chi connectivity index (χ3n) is 4.03. The first kappa shape index (κ1) is 18.8. The van der Waals surface area contributed by atoms with Crippen LogP contribution in [-0.4, -0.2) is 40.7 Å². The molecule has 0 saturated carbocycles. The van der Waals surface area contributed by atoms with Crippen LogP contribution in [-0.2, 0) is 13.1 Å². The molecule has 7 nitrogen and oxygen atoms in total. The maximum Gasteiger partial charge on any atom is 0.315 e. The molecule has 0 unspecified atom stereocenters. The Kier molecular flexibility index (Phi) is 6.01. The second kappa shape index (κ2) is 8.00. The van der Waals surface area contributed by atoms with Crippen molar-refractivity contribution < 1.29 is 4.79 Å². The Labute approximate surface area is 149 Å². The normalized spacial score (nSPS) is 12.5. The van der Waals surface area contributed by atoms with E-state index in [1.54, 1.807) is 18.7 Å². The van der Waals surface area contributed by atoms with Gasteiger partial charge in [-0.3, -0.25) is 0 Å². The van der Waals surface area contributed by atoms with Crippen LogP contribution in [0.1, 0.15) is 26.3 Å². The molecule has 7 heteroatoms. The molecule has 0 fully saturated rings. The summed E-state index contributed by atoms with van der Waals surface area (Å²) in [5.74, 6) is 0.855. The molecule has 0 aliphatic heterocycles. The first-order valence-electron chi connectivity index (χ1n) is 8.38. The van der Waals surface area contributed by atoms with Gasteiger partial charge in [-0.05, 0) is 11.5 Å². The fourth-order valence-electron chi connectivity index (χ4n) is 2.50. The third-order valence-corrected chi connectivity index (χ3v) is 4.03. The summed E-state index contributed by atoms with van der Waals surface area (Å²) in [5.41, 5.74) is 0.898. The molecular weight excluding hydrogens is 316 g/mol. The lowest BCUT2D eigenvalue weighted by Gasteiger charge is -2.31. The van der Waals surface area contributed by atoms with E-state index >= 15 is 0 Å². The predicted molar refractivity (Wildman–Crippen MR) is 99.4 cm³/mol. The number of imidazole rings is 1. The van der Waals surface area contributed by atoms with Crippen molar-refractivity contribution in [1.29, 1.82) is 0 Å². The van der Waals surface area contributed by atoms with E-state index in [4.69, 9.17) is 0 Å². The monoisotopic (exact) mass is 344 g/mol. The number of carbonyl (C=O) groups excluding carboxylic acids is 1. The van der Waals surface area contributed by atoms with Crippen LogP contribution in [0.4, 0.5) is 10.6 Å². The van der Waals surface area contributed by atoms with Crippen LogP contribution in [0.3, 0.4) is 0 Å². The quantitative estimate of drug-likeness (QED) is 0.843. The summed E-state index contributed by atoms with van der Waals surface area (Å²) in [4.78, 5) is 22.8. The Morgan fingerprint density at radius 1 is 1.32 bits per heavy atom. The van der Waals surface area contributed by atoms with Crippen LogP contribution in [0, 0.1) is 5.41 Å². The Morgan fingerprint density at radius 3 is 2.68 bits per heavy atom. The zero-order chi connectivity index (χ0) is 18.4. The van der Waals surface area contributed by atoms with Gasteiger partial charge in [0.05, 0.1) is 12.4 Å². The van der Waals surface area contributed by atoms with Crippen LogP contribution in [0.5, 0.6) is 0 Å². The van der Waals surface area contributed by atoms with E-state index in [0.717, 1.165) is 11.4 Å². The SMILES string of the molecule is CN(C)c1ncccc1CNC(=O)N[C@@H](Cn1ccnc1)C(C)(C)C. The van der Waals surface area contributed by atoms with Gasteiger partial charge < -0.3 is 20.1 Å². The largest absolute Gasteiger partial charge is 0.362 e. The minimum absolute atomic E-state index is 0.0242. The maximum atomic E-state index is 12.4. The molecule has 0 aliphatic rings. The Hall–Kier alpha value is -2.57. The molecule has 0 bridgehead atoms. The first-order chi connectivity index (χ1) is 11.8. The van der Waals surface area contributed by atoms with Crippen LogP contribution >= 0.6 is 0 Å². The van der Waals surface area contributed by atoms with Gasteiger partial charge >= 0.3 is 6.03 Å². The van der Waals surface area contributed by atoms with E-state index < -0.39 is 0 Å². The van der Waals surface area contributed by atoms with E-state index in [-0.39, 0.29) is 17.5 Å². The van der Waals surface area contributed by atoms with Crippen LogP contribution < -0.4 is 15.5 Å². The summed E-state index contributed by atoms with van der Waals surface area (Å²) in [6, 6.07) is 3.63. The van der Waals surface area contributed by atoms with E-state index in [2.05, 4.69) is 41.4 Å². The number of hydrogen-bond acceptors (Lipinski definition) is 4. The van der Waals surface area contributed by atoms with Gasteiger partial charge in [-0.1, -0.05) is 26.8 Å². The molecular formula is C18H28N6O. The molecule has 0 aliphatic carbocycles. The third kappa shape index (κ3) is 5.48. The molecule has 136 valence electrons. The van der Waals surface area contributed by atoms with Crippen molar-refractivity contribution in [3.63, 3.8) is 0 Å². The van der Waals surface area contributed by atoms with Crippen molar-refractivity contribution >= 4 is 11.8 Å². The number of urea groups is 1. The fourth-order valence-corrected chi connectivity index (χ4v) is 2.50. The van der Waals surface area contributed by atoms with Crippen molar-refractivity contribution in [2.45, 2.75) is 39.9 Å². The zero-order valence-corrected chi connectivity index (χ0v) is 15.7. The van der Waals surface area contributed by atoms with Crippen LogP contribution in [0.25, 0.3) is 0 Å². The highest BCUT2D eigenvalue weighted by Gasteiger charge is 2.26. The zero-order valence-electron chi connectivity index (χ0n) is 15.7. The summed E-state index contributed by atoms with van der Waals surface area (Å²) in [5, 5.41) is 6.02. The molecule has 2 N–H and O–H groups in total. The fraction of sp³-hybridized carbons (Fsp3) is 0.500. The summed E-state index contributed by atoms with van der Waals surface area (Å²) >= 11 is 0. The molecule has 0 spiro atoms. The van der Waals surface area contributed by atoms with Crippen molar-refractivity contribution in [2.75, 3.05) is 19.0 Å². The van der Waals surface area contributed by atoms with Crippen LogP contribution in [0.15, 0.2) is 37.1 Å². The lowest BCUT2D eigenvalue weighted by Crippen LogP contribution is -2.49. The summed E-state index contributed by atoms with van der Waals surface area (Å²) in [6.45, 7) is 7.43. The van der Waals surface area contributed by atoms with Gasteiger partial charge in [0.2, 0.25) is 0 Å². The number of rotatable bonds is 6. The van der Waals surface area contributed by atoms with Gasteiger partial charge in [-0.2, -0.15) is 0 Å². The van der Waals surface area contributed by atoms with Gasteiger partial charge in [0.1, 0.15) is 5.82 Å². The number of anilines is 1. The first-order valence-corrected chi connectivity index (χ1v) is 8.38. The molecule has 2 aromatic heterocycles. The van der Waals surface area contributed by atoms with Crippen molar-refractivity contribution in [3.8, 4) is 0 Å². The van der Waals surface area contributed by atoms with E-state index in [1.807, 2.05) is 41.9 Å². The van der Waals surface area contributed by atoms with Crippen molar-refractivity contribution in [3.05, 3.63) is 42.6 Å².